The number of hydrogen-bond donors (Lipinski definition) is 1. The summed E-state index contributed by atoms with van der Waals surface area (Å²) in [4.78, 5) is 0. The highest BCUT2D eigenvalue weighted by atomic mass is 19.4. The highest BCUT2D eigenvalue weighted by Crippen LogP contribution is 2.45. The van der Waals surface area contributed by atoms with Crippen molar-refractivity contribution in [1.82, 2.24) is 0 Å². The lowest BCUT2D eigenvalue weighted by molar-refractivity contribution is -0.189. The van der Waals surface area contributed by atoms with E-state index >= 15 is 0 Å². The van der Waals surface area contributed by atoms with E-state index in [-0.39, 0.29) is 0 Å². The van der Waals surface area contributed by atoms with Crippen LogP contribution in [0.2, 0.25) is 0 Å². The Morgan fingerprint density at radius 1 is 0.727 bits per heavy atom. The van der Waals surface area contributed by atoms with Crippen LogP contribution in [0.15, 0.2) is 35.6 Å². The van der Waals surface area contributed by atoms with E-state index in [9.17, 15) is 39.5 Å². The Labute approximate surface area is 116 Å². The zero-order valence-corrected chi connectivity index (χ0v) is 10.1. The average Bonchev–Trinajstić information content (AvgIpc) is 2.26. The van der Waals surface area contributed by atoms with E-state index in [0.29, 0.717) is 12.1 Å². The Balaban J connectivity index is 3.49. The van der Waals surface area contributed by atoms with Crippen molar-refractivity contribution in [3.8, 4) is 11.5 Å². The topological polar surface area (TPSA) is 29.5 Å². The number of benzene rings is 1. The number of phenolic OH excluding ortho intramolecular Hbond substituents is 1. The van der Waals surface area contributed by atoms with Crippen molar-refractivity contribution < 1.29 is 49.4 Å². The van der Waals surface area contributed by atoms with Crippen LogP contribution in [0.1, 0.15) is 0 Å². The molecule has 0 saturated carbocycles. The van der Waals surface area contributed by atoms with Crippen molar-refractivity contribution in [3.05, 3.63) is 35.6 Å². The lowest BCUT2D eigenvalue weighted by Crippen LogP contribution is -2.34. The molecule has 0 heterocycles. The Bertz CT molecular complexity index is 533. The summed E-state index contributed by atoms with van der Waals surface area (Å²) in [6.45, 7) is 0. The molecule has 22 heavy (non-hydrogen) atoms. The summed E-state index contributed by atoms with van der Waals surface area (Å²) in [6.07, 6.45) is -18.7. The highest BCUT2D eigenvalue weighted by Gasteiger charge is 2.59. The molecule has 0 amide bonds. The standard InChI is InChI=1S/C11H5F9O2/c12-9(13,14)7(10(15,16)17)8(11(18,19)20)22-6-3-1-5(21)2-4-6/h1-4,21H. The average molecular weight is 340 g/mol. The van der Waals surface area contributed by atoms with Crippen LogP contribution >= 0.6 is 0 Å². The summed E-state index contributed by atoms with van der Waals surface area (Å²) < 4.78 is 116. The third-order valence-electron chi connectivity index (χ3n) is 2.11. The molecule has 0 saturated heterocycles. The largest absolute Gasteiger partial charge is 0.508 e. The number of hydrogen-bond acceptors (Lipinski definition) is 2. The molecule has 0 unspecified atom stereocenters. The van der Waals surface area contributed by atoms with Crippen LogP contribution in [0.4, 0.5) is 39.5 Å². The van der Waals surface area contributed by atoms with Crippen molar-refractivity contribution in [1.29, 1.82) is 0 Å². The summed E-state index contributed by atoms with van der Waals surface area (Å²) in [5, 5.41) is 8.87. The second-order valence-corrected chi connectivity index (χ2v) is 3.79. The molecular formula is C11H5F9O2. The monoisotopic (exact) mass is 340 g/mol. The first kappa shape index (κ1) is 18.0. The van der Waals surface area contributed by atoms with Gasteiger partial charge < -0.3 is 9.84 Å². The maximum absolute atomic E-state index is 12.6. The van der Waals surface area contributed by atoms with Gasteiger partial charge in [-0.1, -0.05) is 0 Å². The Morgan fingerprint density at radius 2 is 1.14 bits per heavy atom. The molecule has 0 aliphatic rings. The zero-order chi connectivity index (χ0) is 17.3. The predicted octanol–water partition coefficient (Wildman–Crippen LogP) is 4.71. The lowest BCUT2D eigenvalue weighted by Gasteiger charge is -2.21. The number of alkyl halides is 9. The molecule has 0 fully saturated rings. The number of rotatable bonds is 2. The van der Waals surface area contributed by atoms with Crippen LogP contribution in [-0.2, 0) is 0 Å². The molecule has 124 valence electrons. The zero-order valence-electron chi connectivity index (χ0n) is 10.1. The Hall–Kier alpha value is -2.07. The van der Waals surface area contributed by atoms with Gasteiger partial charge in [0, 0.05) is 0 Å². The summed E-state index contributed by atoms with van der Waals surface area (Å²) in [5.41, 5.74) is -3.81. The molecule has 0 bridgehead atoms. The van der Waals surface area contributed by atoms with Crippen molar-refractivity contribution in [2.75, 3.05) is 0 Å². The van der Waals surface area contributed by atoms with E-state index in [0.717, 1.165) is 12.1 Å². The van der Waals surface area contributed by atoms with Gasteiger partial charge in [-0.05, 0) is 24.3 Å². The second-order valence-electron chi connectivity index (χ2n) is 3.79. The van der Waals surface area contributed by atoms with E-state index < -0.39 is 41.4 Å². The molecule has 11 heteroatoms. The predicted molar refractivity (Wildman–Crippen MR) is 53.9 cm³/mol. The third-order valence-corrected chi connectivity index (χ3v) is 2.11. The molecule has 1 aromatic carbocycles. The van der Waals surface area contributed by atoms with Gasteiger partial charge >= 0.3 is 18.5 Å². The minimum absolute atomic E-state index is 0.475. The summed E-state index contributed by atoms with van der Waals surface area (Å²) in [7, 11) is 0. The number of allylic oxidation sites excluding steroid dienone is 2. The maximum atomic E-state index is 12.6. The van der Waals surface area contributed by atoms with Crippen LogP contribution in [0.5, 0.6) is 11.5 Å². The van der Waals surface area contributed by atoms with Crippen LogP contribution in [0.25, 0.3) is 0 Å². The normalized spacial score (nSPS) is 13.0. The van der Waals surface area contributed by atoms with E-state index in [2.05, 4.69) is 4.74 Å². The first-order valence-electron chi connectivity index (χ1n) is 5.15. The fourth-order valence-corrected chi connectivity index (χ4v) is 1.30. The first-order valence-corrected chi connectivity index (χ1v) is 5.15. The van der Waals surface area contributed by atoms with E-state index in [1.807, 2.05) is 0 Å². The van der Waals surface area contributed by atoms with Crippen LogP contribution < -0.4 is 4.74 Å². The fraction of sp³-hybridized carbons (Fsp3) is 0.273. The molecular weight excluding hydrogens is 335 g/mol. The van der Waals surface area contributed by atoms with Crippen molar-refractivity contribution in [3.63, 3.8) is 0 Å². The number of phenols is 1. The number of aromatic hydroxyl groups is 1. The van der Waals surface area contributed by atoms with Gasteiger partial charge in [0.05, 0.1) is 0 Å². The van der Waals surface area contributed by atoms with Crippen molar-refractivity contribution in [2.45, 2.75) is 18.5 Å². The van der Waals surface area contributed by atoms with Gasteiger partial charge in [-0.15, -0.1) is 0 Å². The molecule has 1 aromatic rings. The molecule has 1 rings (SSSR count). The third kappa shape index (κ3) is 4.46. The van der Waals surface area contributed by atoms with E-state index in [4.69, 9.17) is 5.11 Å². The second kappa shape index (κ2) is 5.61. The van der Waals surface area contributed by atoms with Gasteiger partial charge in [0.25, 0.3) is 0 Å². The number of ether oxygens (including phenoxy) is 1. The minimum atomic E-state index is -6.33. The van der Waals surface area contributed by atoms with Gasteiger partial charge in [-0.25, -0.2) is 0 Å². The van der Waals surface area contributed by atoms with Crippen molar-refractivity contribution in [2.24, 2.45) is 0 Å². The van der Waals surface area contributed by atoms with Gasteiger partial charge in [0.15, 0.2) is 5.57 Å². The van der Waals surface area contributed by atoms with Gasteiger partial charge in [-0.2, -0.15) is 39.5 Å². The van der Waals surface area contributed by atoms with Crippen molar-refractivity contribution >= 4 is 0 Å². The molecule has 0 aliphatic heterocycles. The lowest BCUT2D eigenvalue weighted by atomic mass is 10.2. The first-order chi connectivity index (χ1) is 9.73. The molecule has 0 radical (unpaired) electrons. The molecule has 0 spiro atoms. The highest BCUT2D eigenvalue weighted by molar-refractivity contribution is 5.34. The Morgan fingerprint density at radius 3 is 1.45 bits per heavy atom. The maximum Gasteiger partial charge on any atom is 0.450 e. The fourth-order valence-electron chi connectivity index (χ4n) is 1.30. The minimum Gasteiger partial charge on any atom is -0.508 e. The quantitative estimate of drug-likeness (QED) is 0.624. The molecule has 0 aromatic heterocycles. The summed E-state index contributed by atoms with van der Waals surface area (Å²) in [5.74, 6) is -4.67. The van der Waals surface area contributed by atoms with E-state index in [1.165, 1.54) is 0 Å². The molecule has 1 N–H and O–H groups in total. The SMILES string of the molecule is Oc1ccc(OC(=C(C(F)(F)F)C(F)(F)F)C(F)(F)F)cc1. The van der Waals surface area contributed by atoms with Crippen LogP contribution in [0, 0.1) is 0 Å². The van der Waals surface area contributed by atoms with Gasteiger partial charge in [0.2, 0.25) is 5.76 Å². The summed E-state index contributed by atoms with van der Waals surface area (Å²) >= 11 is 0. The van der Waals surface area contributed by atoms with Crippen LogP contribution in [0.3, 0.4) is 0 Å². The smallest absolute Gasteiger partial charge is 0.450 e. The summed E-state index contributed by atoms with van der Waals surface area (Å²) in [6, 6.07) is 2.60. The number of halogens is 9. The van der Waals surface area contributed by atoms with Crippen LogP contribution in [-0.4, -0.2) is 23.6 Å². The van der Waals surface area contributed by atoms with Gasteiger partial charge in [0.1, 0.15) is 11.5 Å². The molecule has 2 nitrogen and oxygen atoms in total. The van der Waals surface area contributed by atoms with E-state index in [1.54, 1.807) is 0 Å². The Kier molecular flexibility index (Phi) is 4.59. The molecule has 0 aliphatic carbocycles. The van der Waals surface area contributed by atoms with Gasteiger partial charge in [-0.3, -0.25) is 0 Å². The molecule has 0 atom stereocenters.